The van der Waals surface area contributed by atoms with Gasteiger partial charge in [0, 0.05) is 16.1 Å². The first-order valence-electron chi connectivity index (χ1n) is 6.20. The van der Waals surface area contributed by atoms with Gasteiger partial charge in [-0.25, -0.2) is 4.99 Å². The number of amides is 1. The van der Waals surface area contributed by atoms with Crippen LogP contribution in [0.4, 0.5) is 5.69 Å². The average Bonchev–Trinajstić information content (AvgIpc) is 2.58. The second kappa shape index (κ2) is 5.20. The molecule has 0 bridgehead atoms. The number of nitrogens with one attached hydrogen (secondary N) is 1. The normalized spacial score (nSPS) is 17.5. The molecule has 0 radical (unpaired) electrons. The molecule has 1 aliphatic rings. The molecular weight excluding hydrogens is 292 g/mol. The number of carbonyl (C=O) groups is 1. The number of aliphatic hydroxyl groups is 1. The van der Waals surface area contributed by atoms with Crippen LogP contribution >= 0.6 is 11.6 Å². The lowest BCUT2D eigenvalue weighted by atomic mass is 10.0. The molecule has 0 fully saturated rings. The SMILES string of the molecule is O=C1Nc2ccc(Cl)cc2C(c2ccc(O)cc2)=NC1O. The summed E-state index contributed by atoms with van der Waals surface area (Å²) < 4.78 is 0. The van der Waals surface area contributed by atoms with Crippen molar-refractivity contribution >= 4 is 28.9 Å². The number of halogens is 1. The number of benzene rings is 2. The van der Waals surface area contributed by atoms with E-state index in [9.17, 15) is 15.0 Å². The summed E-state index contributed by atoms with van der Waals surface area (Å²) in [5, 5.41) is 22.3. The van der Waals surface area contributed by atoms with Crippen molar-refractivity contribution in [3.05, 3.63) is 58.6 Å². The molecule has 1 atom stereocenters. The molecule has 3 rings (SSSR count). The second-order valence-corrected chi connectivity index (χ2v) is 5.01. The number of carbonyl (C=O) groups excluding carboxylic acids is 1. The standard InChI is InChI=1S/C15H11ClN2O3/c16-9-3-6-12-11(7-9)13(18-15(21)14(20)17-12)8-1-4-10(19)5-2-8/h1-7,15,19,21H,(H,17,20). The summed E-state index contributed by atoms with van der Waals surface area (Å²) in [5.41, 5.74) is 2.22. The largest absolute Gasteiger partial charge is 0.508 e. The summed E-state index contributed by atoms with van der Waals surface area (Å²) in [4.78, 5) is 15.8. The van der Waals surface area contributed by atoms with Crippen molar-refractivity contribution in [3.63, 3.8) is 0 Å². The Morgan fingerprint density at radius 2 is 1.86 bits per heavy atom. The quantitative estimate of drug-likeness (QED) is 0.755. The predicted octanol–water partition coefficient (Wildman–Crippen LogP) is 2.15. The Balaban J connectivity index is 2.21. The Morgan fingerprint density at radius 1 is 1.14 bits per heavy atom. The van der Waals surface area contributed by atoms with Crippen molar-refractivity contribution < 1.29 is 15.0 Å². The molecule has 1 aliphatic heterocycles. The van der Waals surface area contributed by atoms with Crippen molar-refractivity contribution in [2.45, 2.75) is 6.23 Å². The maximum absolute atomic E-state index is 11.8. The third kappa shape index (κ3) is 2.61. The van der Waals surface area contributed by atoms with E-state index in [0.717, 1.165) is 0 Å². The van der Waals surface area contributed by atoms with Gasteiger partial charge in [-0.3, -0.25) is 4.79 Å². The average molecular weight is 303 g/mol. The third-order valence-electron chi connectivity index (χ3n) is 3.12. The Bertz CT molecular complexity index is 741. The lowest BCUT2D eigenvalue weighted by Crippen LogP contribution is -2.24. The van der Waals surface area contributed by atoms with Crippen molar-refractivity contribution in [3.8, 4) is 5.75 Å². The molecule has 2 aromatic carbocycles. The summed E-state index contributed by atoms with van der Waals surface area (Å²) in [5.74, 6) is -0.485. The van der Waals surface area contributed by atoms with Crippen molar-refractivity contribution in [2.24, 2.45) is 4.99 Å². The van der Waals surface area contributed by atoms with E-state index in [4.69, 9.17) is 11.6 Å². The van der Waals surface area contributed by atoms with Crippen molar-refractivity contribution in [1.82, 2.24) is 0 Å². The van der Waals surface area contributed by atoms with Crippen LogP contribution in [0.25, 0.3) is 0 Å². The van der Waals surface area contributed by atoms with E-state index in [0.29, 0.717) is 27.5 Å². The van der Waals surface area contributed by atoms with Gasteiger partial charge in [-0.2, -0.15) is 0 Å². The molecular formula is C15H11ClN2O3. The Hall–Kier alpha value is -2.37. The molecule has 5 nitrogen and oxygen atoms in total. The van der Waals surface area contributed by atoms with Crippen LogP contribution in [-0.2, 0) is 4.79 Å². The number of nitrogens with zero attached hydrogens (tertiary/aromatic N) is 1. The van der Waals surface area contributed by atoms with E-state index in [1.54, 1.807) is 30.3 Å². The Kier molecular flexibility index (Phi) is 3.37. The molecule has 1 heterocycles. The smallest absolute Gasteiger partial charge is 0.276 e. The van der Waals surface area contributed by atoms with Crippen LogP contribution in [0.15, 0.2) is 47.5 Å². The van der Waals surface area contributed by atoms with Crippen LogP contribution < -0.4 is 5.32 Å². The van der Waals surface area contributed by atoms with E-state index in [1.807, 2.05) is 0 Å². The number of fused-ring (bicyclic) bond motifs is 1. The van der Waals surface area contributed by atoms with E-state index >= 15 is 0 Å². The first-order valence-corrected chi connectivity index (χ1v) is 6.58. The molecule has 1 amide bonds. The summed E-state index contributed by atoms with van der Waals surface area (Å²) in [6.07, 6.45) is -1.50. The van der Waals surface area contributed by atoms with E-state index in [1.165, 1.54) is 12.1 Å². The zero-order valence-electron chi connectivity index (χ0n) is 10.7. The van der Waals surface area contributed by atoms with Crippen LogP contribution in [0.3, 0.4) is 0 Å². The Morgan fingerprint density at radius 3 is 2.57 bits per heavy atom. The van der Waals surface area contributed by atoms with Crippen LogP contribution in [0, 0.1) is 0 Å². The molecule has 2 aromatic rings. The fourth-order valence-corrected chi connectivity index (χ4v) is 2.29. The lowest BCUT2D eigenvalue weighted by molar-refractivity contribution is -0.123. The molecule has 0 aromatic heterocycles. The van der Waals surface area contributed by atoms with Gasteiger partial charge in [0.1, 0.15) is 5.75 Å². The van der Waals surface area contributed by atoms with Gasteiger partial charge in [-0.1, -0.05) is 11.6 Å². The summed E-state index contributed by atoms with van der Waals surface area (Å²) in [7, 11) is 0. The molecule has 21 heavy (non-hydrogen) atoms. The van der Waals surface area contributed by atoms with Crippen LogP contribution in [0.1, 0.15) is 11.1 Å². The van der Waals surface area contributed by atoms with Gasteiger partial charge < -0.3 is 15.5 Å². The lowest BCUT2D eigenvalue weighted by Gasteiger charge is -2.10. The molecule has 3 N–H and O–H groups in total. The highest BCUT2D eigenvalue weighted by atomic mass is 35.5. The zero-order chi connectivity index (χ0) is 15.0. The summed E-state index contributed by atoms with van der Waals surface area (Å²) >= 11 is 6.01. The Labute approximate surface area is 125 Å². The van der Waals surface area contributed by atoms with E-state index < -0.39 is 12.1 Å². The minimum atomic E-state index is -1.50. The molecule has 6 heteroatoms. The topological polar surface area (TPSA) is 81.9 Å². The molecule has 0 saturated carbocycles. The number of benzodiazepines with no additional fused rings is 1. The number of aliphatic hydroxyl groups excluding tert-OH is 1. The molecule has 0 aliphatic carbocycles. The maximum Gasteiger partial charge on any atom is 0.276 e. The zero-order valence-corrected chi connectivity index (χ0v) is 11.5. The number of anilines is 1. The van der Waals surface area contributed by atoms with Gasteiger partial charge in [0.2, 0.25) is 6.23 Å². The first kappa shape index (κ1) is 13.6. The van der Waals surface area contributed by atoms with Crippen LogP contribution in [-0.4, -0.2) is 28.1 Å². The highest BCUT2D eigenvalue weighted by Crippen LogP contribution is 2.27. The minimum Gasteiger partial charge on any atom is -0.508 e. The molecule has 0 saturated heterocycles. The maximum atomic E-state index is 11.8. The van der Waals surface area contributed by atoms with Gasteiger partial charge in [0.25, 0.3) is 5.91 Å². The van der Waals surface area contributed by atoms with Crippen LogP contribution in [0.5, 0.6) is 5.75 Å². The van der Waals surface area contributed by atoms with Gasteiger partial charge in [-0.05, 0) is 42.5 Å². The fraction of sp³-hybridized carbons (Fsp3) is 0.0667. The first-order chi connectivity index (χ1) is 10.0. The van der Waals surface area contributed by atoms with Gasteiger partial charge in [0.05, 0.1) is 11.4 Å². The van der Waals surface area contributed by atoms with Gasteiger partial charge >= 0.3 is 0 Å². The number of phenols is 1. The molecule has 106 valence electrons. The predicted molar refractivity (Wildman–Crippen MR) is 79.8 cm³/mol. The highest BCUT2D eigenvalue weighted by molar-refractivity contribution is 6.32. The highest BCUT2D eigenvalue weighted by Gasteiger charge is 2.24. The second-order valence-electron chi connectivity index (χ2n) is 4.58. The summed E-state index contributed by atoms with van der Waals surface area (Å²) in [6.45, 7) is 0. The van der Waals surface area contributed by atoms with Gasteiger partial charge in [0.15, 0.2) is 0 Å². The number of hydrogen-bond acceptors (Lipinski definition) is 4. The molecule has 0 spiro atoms. The number of aliphatic imine (C=N–C) groups is 1. The monoisotopic (exact) mass is 302 g/mol. The van der Waals surface area contributed by atoms with Crippen molar-refractivity contribution in [2.75, 3.05) is 5.32 Å². The number of aromatic hydroxyl groups is 1. The summed E-state index contributed by atoms with van der Waals surface area (Å²) in [6, 6.07) is 11.3. The molecule has 1 unspecified atom stereocenters. The van der Waals surface area contributed by atoms with E-state index in [-0.39, 0.29) is 5.75 Å². The fourth-order valence-electron chi connectivity index (χ4n) is 2.12. The van der Waals surface area contributed by atoms with Gasteiger partial charge in [-0.15, -0.1) is 0 Å². The third-order valence-corrected chi connectivity index (χ3v) is 3.36. The number of hydrogen-bond donors (Lipinski definition) is 3. The number of phenolic OH excluding ortho intramolecular Hbond substituents is 1. The van der Waals surface area contributed by atoms with Crippen LogP contribution in [0.2, 0.25) is 5.02 Å². The van der Waals surface area contributed by atoms with E-state index in [2.05, 4.69) is 10.3 Å². The van der Waals surface area contributed by atoms with Crippen molar-refractivity contribution in [1.29, 1.82) is 0 Å². The minimum absolute atomic E-state index is 0.119. The number of rotatable bonds is 1.